The van der Waals surface area contributed by atoms with E-state index in [1.54, 1.807) is 24.4 Å². The molecule has 0 bridgehead atoms. The molecule has 1 fully saturated rings. The second kappa shape index (κ2) is 9.36. The maximum absolute atomic E-state index is 15.1. The maximum atomic E-state index is 15.1. The molecule has 0 spiro atoms. The van der Waals surface area contributed by atoms with Gasteiger partial charge in [0.1, 0.15) is 23.5 Å². The van der Waals surface area contributed by atoms with Gasteiger partial charge in [-0.25, -0.2) is 13.2 Å². The third-order valence-electron chi connectivity index (χ3n) is 6.71. The minimum absolute atomic E-state index is 0.149. The second-order valence-electron chi connectivity index (χ2n) is 9.14. The van der Waals surface area contributed by atoms with Crippen LogP contribution in [0.25, 0.3) is 33.2 Å². The molecular weight excluding hydrogens is 487 g/mol. The Morgan fingerprint density at radius 1 is 1.03 bits per heavy atom. The number of aromatic hydroxyl groups is 1. The van der Waals surface area contributed by atoms with Gasteiger partial charge in [-0.15, -0.1) is 0 Å². The zero-order valence-electron chi connectivity index (χ0n) is 19.3. The van der Waals surface area contributed by atoms with E-state index < -0.39 is 23.2 Å². The Balaban J connectivity index is 1.80. The van der Waals surface area contributed by atoms with E-state index in [4.69, 9.17) is 11.6 Å². The number of fused-ring (bicyclic) bond motifs is 1. The topological polar surface area (TPSA) is 60.1 Å². The van der Waals surface area contributed by atoms with E-state index in [0.717, 1.165) is 43.8 Å². The molecule has 0 saturated carbocycles. The van der Waals surface area contributed by atoms with Crippen LogP contribution in [-0.4, -0.2) is 23.2 Å². The van der Waals surface area contributed by atoms with Crippen LogP contribution in [0.2, 0.25) is 5.02 Å². The van der Waals surface area contributed by atoms with Crippen molar-refractivity contribution in [2.75, 3.05) is 18.0 Å². The minimum atomic E-state index is -0.850. The molecule has 1 aromatic heterocycles. The van der Waals surface area contributed by atoms with E-state index in [2.05, 4.69) is 16.8 Å². The van der Waals surface area contributed by atoms with Crippen molar-refractivity contribution in [2.45, 2.75) is 19.8 Å². The zero-order valence-corrected chi connectivity index (χ0v) is 20.1. The van der Waals surface area contributed by atoms with Crippen LogP contribution in [0.15, 0.2) is 48.7 Å². The van der Waals surface area contributed by atoms with Crippen molar-refractivity contribution in [3.8, 4) is 34.1 Å². The highest BCUT2D eigenvalue weighted by Gasteiger charge is 2.24. The van der Waals surface area contributed by atoms with Crippen LogP contribution in [0, 0.1) is 34.7 Å². The number of phenolic OH excluding ortho intramolecular Hbond substituents is 1. The zero-order chi connectivity index (χ0) is 25.6. The Labute approximate surface area is 211 Å². The molecule has 0 unspecified atom stereocenters. The monoisotopic (exact) mass is 507 g/mol. The summed E-state index contributed by atoms with van der Waals surface area (Å²) in [6.07, 6.45) is 3.47. The molecular formula is C28H21ClF3N3O. The molecule has 0 aliphatic carbocycles. The molecule has 36 heavy (non-hydrogen) atoms. The molecule has 3 aromatic carbocycles. The number of halogens is 4. The Hall–Kier alpha value is -3.76. The fourth-order valence-electron chi connectivity index (χ4n) is 4.79. The van der Waals surface area contributed by atoms with E-state index in [9.17, 15) is 19.1 Å². The van der Waals surface area contributed by atoms with Gasteiger partial charge in [-0.1, -0.05) is 24.6 Å². The van der Waals surface area contributed by atoms with Crippen molar-refractivity contribution in [1.82, 2.24) is 4.98 Å². The summed E-state index contributed by atoms with van der Waals surface area (Å²) in [6, 6.07) is 11.2. The molecule has 1 saturated heterocycles. The van der Waals surface area contributed by atoms with Gasteiger partial charge in [-0.05, 0) is 60.2 Å². The second-order valence-corrected chi connectivity index (χ2v) is 9.54. The van der Waals surface area contributed by atoms with Crippen molar-refractivity contribution in [3.63, 3.8) is 0 Å². The van der Waals surface area contributed by atoms with Gasteiger partial charge in [0.25, 0.3) is 0 Å². The first-order chi connectivity index (χ1) is 17.3. The van der Waals surface area contributed by atoms with Crippen molar-refractivity contribution in [2.24, 2.45) is 5.92 Å². The summed E-state index contributed by atoms with van der Waals surface area (Å²) in [5.41, 5.74) is 2.15. The number of hydrogen-bond donors (Lipinski definition) is 1. The lowest BCUT2D eigenvalue weighted by atomic mass is 9.94. The summed E-state index contributed by atoms with van der Waals surface area (Å²) in [7, 11) is 0. The van der Waals surface area contributed by atoms with E-state index in [-0.39, 0.29) is 16.1 Å². The van der Waals surface area contributed by atoms with Crippen LogP contribution >= 0.6 is 11.6 Å². The van der Waals surface area contributed by atoms with Gasteiger partial charge in [0.15, 0.2) is 5.82 Å². The van der Waals surface area contributed by atoms with Gasteiger partial charge >= 0.3 is 0 Å². The standard InChI is InChI=1S/C28H21ClF3N3O/c1-15-4-6-35(7-5-15)27-21-10-16(25-26(32)23(29)11-18(13-33)28(25)36)2-3-24(21)34-14-22(27)17-8-19(30)12-20(31)9-17/h2-3,8-12,14-15,36H,4-7H2,1H3. The summed E-state index contributed by atoms with van der Waals surface area (Å²) < 4.78 is 43.4. The molecule has 0 radical (unpaired) electrons. The quantitative estimate of drug-likeness (QED) is 0.313. The third kappa shape index (κ3) is 4.22. The molecule has 8 heteroatoms. The highest BCUT2D eigenvalue weighted by molar-refractivity contribution is 6.31. The number of piperidine rings is 1. The lowest BCUT2D eigenvalue weighted by Gasteiger charge is -2.34. The SMILES string of the molecule is CC1CCN(c2c(-c3cc(F)cc(F)c3)cnc3ccc(-c4c(O)c(C#N)cc(Cl)c4F)cc23)CC1. The third-order valence-corrected chi connectivity index (χ3v) is 6.99. The molecule has 0 atom stereocenters. The summed E-state index contributed by atoms with van der Waals surface area (Å²) in [6.45, 7) is 3.63. The first-order valence-corrected chi connectivity index (χ1v) is 11.9. The number of aromatic nitrogens is 1. The first kappa shape index (κ1) is 24.0. The molecule has 1 aliphatic rings. The number of benzene rings is 3. The van der Waals surface area contributed by atoms with Gasteiger partial charge in [0, 0.05) is 36.3 Å². The van der Waals surface area contributed by atoms with Crippen LogP contribution in [0.1, 0.15) is 25.3 Å². The smallest absolute Gasteiger partial charge is 0.153 e. The normalized spacial score (nSPS) is 14.3. The summed E-state index contributed by atoms with van der Waals surface area (Å²) in [4.78, 5) is 6.67. The Morgan fingerprint density at radius 3 is 2.39 bits per heavy atom. The lowest BCUT2D eigenvalue weighted by Crippen LogP contribution is -2.33. The van der Waals surface area contributed by atoms with Crippen LogP contribution in [-0.2, 0) is 0 Å². The van der Waals surface area contributed by atoms with E-state index in [1.165, 1.54) is 12.1 Å². The van der Waals surface area contributed by atoms with Gasteiger partial charge in [0.2, 0.25) is 0 Å². The van der Waals surface area contributed by atoms with Gasteiger partial charge < -0.3 is 10.0 Å². The van der Waals surface area contributed by atoms with Crippen LogP contribution in [0.3, 0.4) is 0 Å². The molecule has 182 valence electrons. The molecule has 4 nitrogen and oxygen atoms in total. The Kier molecular flexibility index (Phi) is 6.23. The summed E-state index contributed by atoms with van der Waals surface area (Å²) in [5.74, 6) is -2.22. The highest BCUT2D eigenvalue weighted by Crippen LogP contribution is 2.43. The molecule has 4 aromatic rings. The number of nitriles is 1. The van der Waals surface area contributed by atoms with E-state index >= 15 is 4.39 Å². The van der Waals surface area contributed by atoms with Crippen molar-refractivity contribution >= 4 is 28.2 Å². The van der Waals surface area contributed by atoms with Crippen molar-refractivity contribution in [1.29, 1.82) is 5.26 Å². The fraction of sp³-hybridized carbons (Fsp3) is 0.214. The van der Waals surface area contributed by atoms with Crippen molar-refractivity contribution < 1.29 is 18.3 Å². The minimum Gasteiger partial charge on any atom is -0.506 e. The number of pyridine rings is 1. The van der Waals surface area contributed by atoms with E-state index in [1.807, 2.05) is 6.07 Å². The van der Waals surface area contributed by atoms with Crippen LogP contribution in [0.4, 0.5) is 18.9 Å². The fourth-order valence-corrected chi connectivity index (χ4v) is 5.00. The van der Waals surface area contributed by atoms with E-state index in [0.29, 0.717) is 33.5 Å². The van der Waals surface area contributed by atoms with Gasteiger partial charge in [-0.3, -0.25) is 4.98 Å². The number of nitrogens with zero attached hydrogens (tertiary/aromatic N) is 3. The summed E-state index contributed by atoms with van der Waals surface area (Å²) in [5, 5.41) is 20.3. The molecule has 1 N–H and O–H groups in total. The molecule has 0 amide bonds. The number of anilines is 1. The van der Waals surface area contributed by atoms with Crippen LogP contribution in [0.5, 0.6) is 5.75 Å². The summed E-state index contributed by atoms with van der Waals surface area (Å²) >= 11 is 6.01. The lowest BCUT2D eigenvalue weighted by molar-refractivity contribution is 0.439. The Morgan fingerprint density at radius 2 is 1.72 bits per heavy atom. The van der Waals surface area contributed by atoms with Gasteiger partial charge in [0.05, 0.1) is 27.4 Å². The highest BCUT2D eigenvalue weighted by atomic mass is 35.5. The maximum Gasteiger partial charge on any atom is 0.153 e. The van der Waals surface area contributed by atoms with Crippen LogP contribution < -0.4 is 4.90 Å². The first-order valence-electron chi connectivity index (χ1n) is 11.5. The number of rotatable bonds is 3. The molecule has 1 aliphatic heterocycles. The predicted molar refractivity (Wildman–Crippen MR) is 134 cm³/mol. The predicted octanol–water partition coefficient (Wildman–Crippen LogP) is 7.45. The largest absolute Gasteiger partial charge is 0.506 e. The average Bonchev–Trinajstić information content (AvgIpc) is 2.85. The Bertz CT molecular complexity index is 1520. The van der Waals surface area contributed by atoms with Crippen molar-refractivity contribution in [3.05, 3.63) is 76.7 Å². The average molecular weight is 508 g/mol. The number of phenols is 1. The molecule has 5 rings (SSSR count). The molecule has 2 heterocycles. The van der Waals surface area contributed by atoms with Gasteiger partial charge in [-0.2, -0.15) is 5.26 Å². The number of hydrogen-bond acceptors (Lipinski definition) is 4.